The number of hydrogen-bond acceptors (Lipinski definition) is 9. The van der Waals surface area contributed by atoms with Gasteiger partial charge in [0.05, 0.1) is 0 Å². The lowest BCUT2D eigenvalue weighted by molar-refractivity contribution is -0.148. The first kappa shape index (κ1) is 21.6. The molecule has 1 aromatic rings. The fourth-order valence-corrected chi connectivity index (χ4v) is 5.66. The molecule has 2 aliphatic rings. The fourth-order valence-electron chi connectivity index (χ4n) is 3.18. The zero-order chi connectivity index (χ0) is 21.0. The first-order valence-electron chi connectivity index (χ1n) is 9.27. The van der Waals surface area contributed by atoms with Crippen LogP contribution in [-0.4, -0.2) is 77.4 Å². The van der Waals surface area contributed by atoms with Crippen LogP contribution in [0.15, 0.2) is 16.4 Å². The highest BCUT2D eigenvalue weighted by Crippen LogP contribution is 2.43. The van der Waals surface area contributed by atoms with Gasteiger partial charge in [-0.05, 0) is 23.6 Å². The predicted octanol–water partition coefficient (Wildman–Crippen LogP) is -0.0620. The van der Waals surface area contributed by atoms with E-state index in [0.29, 0.717) is 29.4 Å². The number of carboxylic acid groups (broad SMARTS) is 1. The second-order valence-electron chi connectivity index (χ2n) is 6.66. The summed E-state index contributed by atoms with van der Waals surface area (Å²) < 4.78 is 0. The Morgan fingerprint density at radius 3 is 2.97 bits per heavy atom. The molecule has 3 heterocycles. The smallest absolute Gasteiger partial charge is 0.352 e. The molecule has 11 nitrogen and oxygen atoms in total. The van der Waals surface area contributed by atoms with Gasteiger partial charge >= 0.3 is 5.97 Å². The maximum absolute atomic E-state index is 12.2. The van der Waals surface area contributed by atoms with Crippen LogP contribution >= 0.6 is 23.5 Å². The monoisotopic (exact) mass is 441 g/mol. The molecular weight excluding hydrogens is 418 g/mol. The quantitative estimate of drug-likeness (QED) is 0.219. The number of aromatic amines is 1. The predicted molar refractivity (Wildman–Crippen MR) is 107 cm³/mol. The number of unbranched alkanes of at least 4 members (excludes halogenated alkanes) is 1. The minimum Gasteiger partial charge on any atom is -0.477 e. The number of rotatable bonds is 10. The van der Waals surface area contributed by atoms with E-state index in [0.717, 1.165) is 12.8 Å². The number of hydrogen-bond donors (Lipinski definition) is 4. The third-order valence-corrected chi connectivity index (χ3v) is 7.20. The SMILES string of the molecule is CCCCNC(=O)CCC(Sc1nn[nH]n1)C1=C(C(=O)O)N2C(=O)C(N)[C@@H]2SC1. The second kappa shape index (κ2) is 9.59. The molecule has 1 aromatic heterocycles. The van der Waals surface area contributed by atoms with Crippen LogP contribution in [-0.2, 0) is 14.4 Å². The highest BCUT2D eigenvalue weighted by Gasteiger charge is 2.52. The minimum absolute atomic E-state index is 0.0483. The lowest BCUT2D eigenvalue weighted by atomic mass is 10.0. The van der Waals surface area contributed by atoms with E-state index in [1.807, 2.05) is 6.92 Å². The molecule has 0 saturated carbocycles. The van der Waals surface area contributed by atoms with Gasteiger partial charge in [-0.2, -0.15) is 5.21 Å². The Balaban J connectivity index is 1.81. The Hall–Kier alpha value is -2.12. The number of amides is 2. The third kappa shape index (κ3) is 4.73. The number of tetrazole rings is 1. The Morgan fingerprint density at radius 1 is 1.52 bits per heavy atom. The summed E-state index contributed by atoms with van der Waals surface area (Å²) in [6.07, 6.45) is 2.48. The minimum atomic E-state index is -1.18. The van der Waals surface area contributed by atoms with Crippen LogP contribution in [0.4, 0.5) is 0 Å². The number of carbonyl (C=O) groups is 3. The van der Waals surface area contributed by atoms with Crippen molar-refractivity contribution in [1.29, 1.82) is 0 Å². The molecule has 2 unspecified atom stereocenters. The van der Waals surface area contributed by atoms with Crippen LogP contribution in [0, 0.1) is 0 Å². The normalized spacial score (nSPS) is 22.1. The number of nitrogens with one attached hydrogen (secondary N) is 2. The molecule has 1 fully saturated rings. The molecule has 2 aliphatic heterocycles. The summed E-state index contributed by atoms with van der Waals surface area (Å²) in [6.45, 7) is 2.65. The molecule has 0 bridgehead atoms. The summed E-state index contributed by atoms with van der Waals surface area (Å²) in [5, 5.41) is 26.0. The van der Waals surface area contributed by atoms with E-state index in [2.05, 4.69) is 25.9 Å². The van der Waals surface area contributed by atoms with E-state index in [1.54, 1.807) is 0 Å². The number of thioether (sulfide) groups is 2. The number of fused-ring (bicyclic) bond motifs is 1. The zero-order valence-corrected chi connectivity index (χ0v) is 17.5. The molecule has 158 valence electrons. The lowest BCUT2D eigenvalue weighted by Gasteiger charge is -2.48. The number of aliphatic carboxylic acids is 1. The topological polar surface area (TPSA) is 167 Å². The van der Waals surface area contributed by atoms with Crippen LogP contribution in [0.1, 0.15) is 32.6 Å². The highest BCUT2D eigenvalue weighted by atomic mass is 32.2. The Morgan fingerprint density at radius 2 is 2.31 bits per heavy atom. The molecule has 1 saturated heterocycles. The van der Waals surface area contributed by atoms with Crippen LogP contribution < -0.4 is 11.1 Å². The molecule has 0 radical (unpaired) electrons. The van der Waals surface area contributed by atoms with Crippen molar-refractivity contribution in [2.24, 2.45) is 5.73 Å². The molecular formula is C16H23N7O4S2. The first-order valence-corrected chi connectivity index (χ1v) is 11.2. The largest absolute Gasteiger partial charge is 0.477 e. The second-order valence-corrected chi connectivity index (χ2v) is 8.93. The number of carbonyl (C=O) groups excluding carboxylic acids is 2. The Bertz CT molecular complexity index is 801. The standard InChI is InChI=1S/C16H23N7O4S2/c1-2-3-6-18-10(24)5-4-9(29-16-19-21-22-20-16)8-7-28-14-11(17)13(25)23(14)12(8)15(26)27/h9,11,14H,2-7,17H2,1H3,(H,18,24)(H,26,27)(H,19,20,21,22)/t9?,11?,14-/m0/s1. The van der Waals surface area contributed by atoms with E-state index in [9.17, 15) is 19.5 Å². The molecule has 0 aromatic carbocycles. The van der Waals surface area contributed by atoms with Crippen molar-refractivity contribution < 1.29 is 19.5 Å². The maximum atomic E-state index is 12.2. The molecule has 5 N–H and O–H groups in total. The number of nitrogens with two attached hydrogens (primary N) is 1. The number of H-pyrrole nitrogens is 1. The van der Waals surface area contributed by atoms with E-state index in [-0.39, 0.29) is 23.4 Å². The highest BCUT2D eigenvalue weighted by molar-refractivity contribution is 8.01. The van der Waals surface area contributed by atoms with Gasteiger partial charge in [0.2, 0.25) is 17.0 Å². The third-order valence-electron chi connectivity index (χ3n) is 4.69. The zero-order valence-electron chi connectivity index (χ0n) is 15.8. The van der Waals surface area contributed by atoms with Gasteiger partial charge in [0, 0.05) is 24.0 Å². The van der Waals surface area contributed by atoms with Gasteiger partial charge in [-0.3, -0.25) is 14.5 Å². The summed E-state index contributed by atoms with van der Waals surface area (Å²) in [5.41, 5.74) is 6.33. The van der Waals surface area contributed by atoms with Crippen LogP contribution in [0.5, 0.6) is 0 Å². The Kier molecular flexibility index (Phi) is 7.14. The fraction of sp³-hybridized carbons (Fsp3) is 0.625. The molecule has 3 rings (SSSR count). The van der Waals surface area contributed by atoms with Gasteiger partial charge in [0.1, 0.15) is 17.1 Å². The van der Waals surface area contributed by atoms with Gasteiger partial charge in [-0.1, -0.05) is 25.1 Å². The van der Waals surface area contributed by atoms with Crippen LogP contribution in [0.25, 0.3) is 0 Å². The summed E-state index contributed by atoms with van der Waals surface area (Å²) in [7, 11) is 0. The van der Waals surface area contributed by atoms with E-state index >= 15 is 0 Å². The van der Waals surface area contributed by atoms with Gasteiger partial charge in [-0.25, -0.2) is 4.79 Å². The van der Waals surface area contributed by atoms with Crippen molar-refractivity contribution >= 4 is 41.3 Å². The molecule has 13 heteroatoms. The summed E-state index contributed by atoms with van der Waals surface area (Å²) in [4.78, 5) is 37.6. The van der Waals surface area contributed by atoms with Crippen LogP contribution in [0.3, 0.4) is 0 Å². The van der Waals surface area contributed by atoms with Crippen molar-refractivity contribution in [3.63, 3.8) is 0 Å². The number of aromatic nitrogens is 4. The summed E-state index contributed by atoms with van der Waals surface area (Å²) in [5.74, 6) is -1.29. The lowest BCUT2D eigenvalue weighted by Crippen LogP contribution is -2.68. The number of β-lactam (4-membered cyclic amide) rings is 1. The average Bonchev–Trinajstić information content (AvgIpc) is 3.22. The van der Waals surface area contributed by atoms with Crippen molar-refractivity contribution in [3.05, 3.63) is 11.3 Å². The van der Waals surface area contributed by atoms with E-state index in [1.165, 1.54) is 28.4 Å². The molecule has 3 atom stereocenters. The van der Waals surface area contributed by atoms with Gasteiger partial charge in [0.25, 0.3) is 0 Å². The van der Waals surface area contributed by atoms with Crippen molar-refractivity contribution in [2.45, 2.75) is 54.4 Å². The summed E-state index contributed by atoms with van der Waals surface area (Å²) in [6, 6.07) is -0.691. The average molecular weight is 442 g/mol. The molecule has 2 amide bonds. The van der Waals surface area contributed by atoms with Crippen molar-refractivity contribution in [3.8, 4) is 0 Å². The summed E-state index contributed by atoms with van der Waals surface area (Å²) >= 11 is 2.65. The maximum Gasteiger partial charge on any atom is 0.352 e. The Labute approximate surface area is 175 Å². The first-order chi connectivity index (χ1) is 13.9. The van der Waals surface area contributed by atoms with Crippen LogP contribution in [0.2, 0.25) is 0 Å². The van der Waals surface area contributed by atoms with E-state index in [4.69, 9.17) is 5.73 Å². The molecule has 0 spiro atoms. The molecule has 0 aliphatic carbocycles. The van der Waals surface area contributed by atoms with Gasteiger partial charge < -0.3 is 16.2 Å². The molecule has 29 heavy (non-hydrogen) atoms. The number of nitrogens with zero attached hydrogens (tertiary/aromatic N) is 4. The number of carboxylic acids is 1. The van der Waals surface area contributed by atoms with Crippen molar-refractivity contribution in [2.75, 3.05) is 12.3 Å². The van der Waals surface area contributed by atoms with E-state index < -0.39 is 23.2 Å². The van der Waals surface area contributed by atoms with Gasteiger partial charge in [0.15, 0.2) is 0 Å². The van der Waals surface area contributed by atoms with Crippen molar-refractivity contribution in [1.82, 2.24) is 30.8 Å². The van der Waals surface area contributed by atoms with Gasteiger partial charge in [-0.15, -0.1) is 22.0 Å².